The summed E-state index contributed by atoms with van der Waals surface area (Å²) in [6.45, 7) is -7.14. The van der Waals surface area contributed by atoms with Crippen molar-refractivity contribution in [2.75, 3.05) is 66.1 Å². The number of aliphatic carboxylic acids is 10. The van der Waals surface area contributed by atoms with Crippen molar-refractivity contribution < 1.29 is 160 Å². The Bertz CT molecular complexity index is 707. The Morgan fingerprint density at radius 2 is 0.298 bits per heavy atom. The number of carboxylic acid groups (broad SMARTS) is 10. The molecule has 2 radical (unpaired) electrons. The Balaban J connectivity index is -0.0000000842. The fourth-order valence-corrected chi connectivity index (χ4v) is 1.09. The molecular weight excluding hydrogens is 742 g/mol. The Labute approximate surface area is 285 Å². The average molecular weight is 762 g/mol. The molecule has 0 aromatic heterocycles. The van der Waals surface area contributed by atoms with Gasteiger partial charge in [0, 0.05) is 37.1 Å². The maximum absolute atomic E-state index is 9.53. The van der Waals surface area contributed by atoms with Crippen LogP contribution in [0.1, 0.15) is 0 Å². The zero-order valence-electron chi connectivity index (χ0n) is 23.2. The van der Waals surface area contributed by atoms with Gasteiger partial charge in [0.25, 0.3) is 0 Å². The summed E-state index contributed by atoms with van der Waals surface area (Å²) >= 11 is 0. The van der Waals surface area contributed by atoms with Crippen molar-refractivity contribution in [3.63, 3.8) is 0 Å². The predicted molar refractivity (Wildman–Crippen MR) is 104 cm³/mol. The zero-order chi connectivity index (χ0) is 36.4. The van der Waals surface area contributed by atoms with Crippen LogP contribution in [-0.2, 0) is 109 Å². The van der Waals surface area contributed by atoms with Crippen LogP contribution in [0, 0.1) is 0 Å². The van der Waals surface area contributed by atoms with E-state index < -0.39 is 126 Å². The first-order valence-electron chi connectivity index (χ1n) is 10.5. The molecule has 0 aromatic carbocycles. The number of rotatable bonds is 20. The van der Waals surface area contributed by atoms with Crippen molar-refractivity contribution in [1.82, 2.24) is 0 Å². The summed E-state index contributed by atoms with van der Waals surface area (Å²) in [5.74, 6) is -14.5. The van der Waals surface area contributed by atoms with Crippen LogP contribution in [-0.4, -0.2) is 126 Å². The van der Waals surface area contributed by atoms with Crippen LogP contribution in [0.4, 0.5) is 0 Å². The summed E-state index contributed by atoms with van der Waals surface area (Å²) < 4.78 is 20.2. The maximum Gasteiger partial charge on any atom is 0.0866 e. The third-order valence-corrected chi connectivity index (χ3v) is 2.20. The summed E-state index contributed by atoms with van der Waals surface area (Å²) in [6.07, 6.45) is 0. The van der Waals surface area contributed by atoms with Crippen molar-refractivity contribution in [3.8, 4) is 0 Å². The number of carbonyl (C=O) groups excluding carboxylic acids is 10. The minimum Gasteiger partial charge on any atom is -0.548 e. The fourth-order valence-electron chi connectivity index (χ4n) is 1.09. The average Bonchev–Trinajstić information content (AvgIpc) is 2.83. The van der Waals surface area contributed by atoms with Gasteiger partial charge in [0.2, 0.25) is 0 Å². The van der Waals surface area contributed by atoms with Gasteiger partial charge in [-0.05, 0) is 0 Å². The third kappa shape index (κ3) is 99.5. The van der Waals surface area contributed by atoms with E-state index in [2.05, 4.69) is 23.7 Å². The molecule has 0 atom stereocenters. The largest absolute Gasteiger partial charge is 0.548 e. The van der Waals surface area contributed by atoms with Gasteiger partial charge in [-0.15, -0.1) is 0 Å². The Morgan fingerprint density at radius 3 is 0.340 bits per heavy atom. The van der Waals surface area contributed by atoms with Crippen molar-refractivity contribution in [2.45, 2.75) is 0 Å². The van der Waals surface area contributed by atoms with E-state index >= 15 is 0 Å². The number of carbonyl (C=O) groups is 10. The smallest absolute Gasteiger partial charge is 0.0866 e. The molecule has 0 saturated carbocycles. The molecule has 0 spiro atoms. The van der Waals surface area contributed by atoms with E-state index in [1.807, 2.05) is 0 Å². The SMILES string of the molecule is O=C([O-])COCC(=O)[O-].O=C([O-])COCC(=O)[O-].O=C([O-])COCC(=O)[O-].O=C([O-])COCC(=O)[O-].O=C([O-])COCC(=O)[O-].[V].[V]. The van der Waals surface area contributed by atoms with Crippen LogP contribution in [0.5, 0.6) is 0 Å². The summed E-state index contributed by atoms with van der Waals surface area (Å²) in [5.41, 5.74) is 0. The van der Waals surface area contributed by atoms with E-state index in [0.29, 0.717) is 0 Å². The van der Waals surface area contributed by atoms with E-state index in [4.69, 9.17) is 0 Å². The predicted octanol–water partition coefficient (Wildman–Crippen LogP) is -17.5. The van der Waals surface area contributed by atoms with E-state index in [-0.39, 0.29) is 37.1 Å². The Hall–Kier alpha value is -4.33. The Morgan fingerprint density at radius 1 is 0.234 bits per heavy atom. The minimum atomic E-state index is -1.45. The molecule has 0 aliphatic carbocycles. The van der Waals surface area contributed by atoms with Crippen molar-refractivity contribution in [2.24, 2.45) is 0 Å². The number of hydrogen-bond donors (Lipinski definition) is 0. The molecule has 0 unspecified atom stereocenters. The van der Waals surface area contributed by atoms with E-state index in [1.54, 1.807) is 0 Å². The van der Waals surface area contributed by atoms with Crippen LogP contribution < -0.4 is 51.1 Å². The standard InChI is InChI=1S/5C4H6O5.2V/c5*5-3(6)1-9-2-4(7)8;;/h5*1-2H2,(H,5,6)(H,7,8);;/p-10. The molecule has 25 nitrogen and oxygen atoms in total. The maximum atomic E-state index is 9.53. The van der Waals surface area contributed by atoms with Crippen LogP contribution in [0.25, 0.3) is 0 Å². The molecule has 27 heteroatoms. The van der Waals surface area contributed by atoms with Gasteiger partial charge in [0.05, 0.1) is 126 Å². The molecule has 0 heterocycles. The second-order valence-corrected chi connectivity index (χ2v) is 6.18. The van der Waals surface area contributed by atoms with Gasteiger partial charge >= 0.3 is 0 Å². The second-order valence-electron chi connectivity index (χ2n) is 6.18. The number of ether oxygens (including phenoxy) is 5. The number of hydrogen-bond acceptors (Lipinski definition) is 25. The van der Waals surface area contributed by atoms with E-state index in [0.717, 1.165) is 0 Å². The van der Waals surface area contributed by atoms with Crippen LogP contribution in [0.3, 0.4) is 0 Å². The van der Waals surface area contributed by atoms with E-state index in [1.165, 1.54) is 0 Å². The molecule has 0 amide bonds. The van der Waals surface area contributed by atoms with Gasteiger partial charge < -0.3 is 123 Å². The Kier molecular flexibility index (Phi) is 51.6. The fraction of sp³-hybridized carbons (Fsp3) is 0.500. The zero-order valence-corrected chi connectivity index (χ0v) is 26.0. The molecular formula is C20H20O25V2-10. The first-order chi connectivity index (χ1) is 20.6. The first-order valence-corrected chi connectivity index (χ1v) is 10.5. The molecule has 0 N–H and O–H groups in total. The summed E-state index contributed by atoms with van der Waals surface area (Å²) in [4.78, 5) is 95.3. The summed E-state index contributed by atoms with van der Waals surface area (Å²) in [5, 5.41) is 95.3. The normalized spacial score (nSPS) is 8.51. The third-order valence-electron chi connectivity index (χ3n) is 2.20. The van der Waals surface area contributed by atoms with Gasteiger partial charge in [-0.3, -0.25) is 0 Å². The molecule has 0 rings (SSSR count). The van der Waals surface area contributed by atoms with E-state index in [9.17, 15) is 99.0 Å². The molecule has 270 valence electrons. The monoisotopic (exact) mass is 762 g/mol. The van der Waals surface area contributed by atoms with Gasteiger partial charge in [-0.1, -0.05) is 0 Å². The van der Waals surface area contributed by atoms with Crippen LogP contribution in [0.2, 0.25) is 0 Å². The quantitative estimate of drug-likeness (QED) is 0.111. The van der Waals surface area contributed by atoms with Gasteiger partial charge in [-0.2, -0.15) is 0 Å². The van der Waals surface area contributed by atoms with Crippen molar-refractivity contribution in [3.05, 3.63) is 0 Å². The van der Waals surface area contributed by atoms with Gasteiger partial charge in [0.1, 0.15) is 0 Å². The molecule has 0 aliphatic rings. The molecule has 0 saturated heterocycles. The molecule has 0 aliphatic heterocycles. The van der Waals surface area contributed by atoms with Crippen LogP contribution in [0.15, 0.2) is 0 Å². The molecule has 47 heavy (non-hydrogen) atoms. The first kappa shape index (κ1) is 58.2. The van der Waals surface area contributed by atoms with Crippen LogP contribution >= 0.6 is 0 Å². The topological polar surface area (TPSA) is 447 Å². The molecule has 0 fully saturated rings. The molecule has 0 aromatic rings. The van der Waals surface area contributed by atoms with Crippen molar-refractivity contribution >= 4 is 59.7 Å². The minimum absolute atomic E-state index is 0. The summed E-state index contributed by atoms with van der Waals surface area (Å²) in [7, 11) is 0. The van der Waals surface area contributed by atoms with Gasteiger partial charge in [-0.25, -0.2) is 0 Å². The second kappa shape index (κ2) is 41.7. The summed E-state index contributed by atoms with van der Waals surface area (Å²) in [6, 6.07) is 0. The number of carboxylic acids is 10. The van der Waals surface area contributed by atoms with Gasteiger partial charge in [0.15, 0.2) is 0 Å². The molecule has 0 bridgehead atoms. The van der Waals surface area contributed by atoms with Crippen molar-refractivity contribution in [1.29, 1.82) is 0 Å².